The van der Waals surface area contributed by atoms with E-state index in [1.807, 2.05) is 0 Å². The molecule has 2 aromatic rings. The van der Waals surface area contributed by atoms with Gasteiger partial charge in [-0.3, -0.25) is 4.79 Å². The fourth-order valence-electron chi connectivity index (χ4n) is 1.73. The van der Waals surface area contributed by atoms with Gasteiger partial charge in [-0.25, -0.2) is 4.79 Å². The summed E-state index contributed by atoms with van der Waals surface area (Å²) in [6, 6.07) is 10.7. The quantitative estimate of drug-likeness (QED) is 0.596. The molecule has 5 nitrogen and oxygen atoms in total. The second kappa shape index (κ2) is 6.78. The number of anilines is 1. The lowest BCUT2D eigenvalue weighted by atomic mass is 10.2. The maximum atomic E-state index is 11.8. The van der Waals surface area contributed by atoms with Gasteiger partial charge in [0.15, 0.2) is 0 Å². The maximum Gasteiger partial charge on any atom is 0.335 e. The molecule has 1 amide bonds. The lowest BCUT2D eigenvalue weighted by Gasteiger charge is -2.05. The van der Waals surface area contributed by atoms with Crippen molar-refractivity contribution in [2.45, 2.75) is 0 Å². The van der Waals surface area contributed by atoms with Crippen molar-refractivity contribution in [3.63, 3.8) is 0 Å². The highest BCUT2D eigenvalue weighted by Gasteiger charge is 2.08. The van der Waals surface area contributed by atoms with Gasteiger partial charge in [-0.1, -0.05) is 23.7 Å². The molecule has 0 radical (unpaired) electrons. The average molecular weight is 318 g/mol. The van der Waals surface area contributed by atoms with Gasteiger partial charge in [-0.15, -0.1) is 0 Å². The van der Waals surface area contributed by atoms with Crippen molar-refractivity contribution in [1.82, 2.24) is 0 Å². The summed E-state index contributed by atoms with van der Waals surface area (Å²) in [5.41, 5.74) is 0.823. The number of rotatable bonds is 4. The summed E-state index contributed by atoms with van der Waals surface area (Å²) in [6.07, 6.45) is 2.86. The van der Waals surface area contributed by atoms with Crippen LogP contribution in [0, 0.1) is 0 Å². The zero-order chi connectivity index (χ0) is 16.1. The first-order valence-electron chi connectivity index (χ1n) is 6.26. The number of phenolic OH excluding ortho intramolecular Hbond substituents is 1. The van der Waals surface area contributed by atoms with Gasteiger partial charge in [0.2, 0.25) is 5.91 Å². The predicted molar refractivity (Wildman–Crippen MR) is 84.2 cm³/mol. The molecule has 0 spiro atoms. The Balaban J connectivity index is 2.07. The van der Waals surface area contributed by atoms with Gasteiger partial charge >= 0.3 is 5.97 Å². The molecule has 0 aliphatic heterocycles. The van der Waals surface area contributed by atoms with Crippen LogP contribution in [0.5, 0.6) is 5.75 Å². The zero-order valence-corrected chi connectivity index (χ0v) is 12.0. The number of carbonyl (C=O) groups excluding carboxylic acids is 1. The Morgan fingerprint density at radius 3 is 2.55 bits per heavy atom. The SMILES string of the molecule is O=C(/C=C/c1cccc(Cl)c1)Nc1ccc(C(=O)O)cc1O. The number of halogens is 1. The molecule has 2 rings (SSSR count). The monoisotopic (exact) mass is 317 g/mol. The number of aromatic carboxylic acids is 1. The van der Waals surface area contributed by atoms with Gasteiger partial charge in [-0.2, -0.15) is 0 Å². The molecule has 0 saturated carbocycles. The van der Waals surface area contributed by atoms with Crippen LogP contribution in [0.15, 0.2) is 48.5 Å². The number of amides is 1. The minimum atomic E-state index is -1.16. The molecule has 0 unspecified atom stereocenters. The third-order valence-corrected chi connectivity index (χ3v) is 3.01. The fraction of sp³-hybridized carbons (Fsp3) is 0. The van der Waals surface area contributed by atoms with E-state index >= 15 is 0 Å². The first-order valence-corrected chi connectivity index (χ1v) is 6.64. The van der Waals surface area contributed by atoms with Crippen LogP contribution < -0.4 is 5.32 Å². The summed E-state index contributed by atoms with van der Waals surface area (Å²) in [5, 5.41) is 21.5. The topological polar surface area (TPSA) is 86.6 Å². The van der Waals surface area contributed by atoms with E-state index in [0.29, 0.717) is 5.02 Å². The molecule has 6 heteroatoms. The third-order valence-electron chi connectivity index (χ3n) is 2.78. The molecule has 0 aliphatic carbocycles. The van der Waals surface area contributed by atoms with E-state index in [0.717, 1.165) is 11.6 Å². The zero-order valence-electron chi connectivity index (χ0n) is 11.3. The lowest BCUT2D eigenvalue weighted by molar-refractivity contribution is -0.111. The number of carbonyl (C=O) groups is 2. The molecular weight excluding hydrogens is 306 g/mol. The average Bonchev–Trinajstić information content (AvgIpc) is 2.47. The minimum Gasteiger partial charge on any atom is -0.506 e. The van der Waals surface area contributed by atoms with Crippen molar-refractivity contribution in [2.75, 3.05) is 5.32 Å². The standard InChI is InChI=1S/C16H12ClNO4/c17-12-3-1-2-10(8-12)4-7-15(20)18-13-6-5-11(16(21)22)9-14(13)19/h1-9,19H,(H,18,20)(H,21,22)/b7-4+. The van der Waals surface area contributed by atoms with Crippen molar-refractivity contribution >= 4 is 35.2 Å². The van der Waals surface area contributed by atoms with Crippen molar-refractivity contribution in [3.05, 3.63) is 64.7 Å². The Bertz CT molecular complexity index is 756. The molecular formula is C16H12ClNO4. The smallest absolute Gasteiger partial charge is 0.335 e. The summed E-state index contributed by atoms with van der Waals surface area (Å²) >= 11 is 5.84. The van der Waals surface area contributed by atoms with Crippen LogP contribution in [0.1, 0.15) is 15.9 Å². The van der Waals surface area contributed by atoms with Gasteiger partial charge in [0, 0.05) is 11.1 Å². The Labute approximate surface area is 131 Å². The highest BCUT2D eigenvalue weighted by molar-refractivity contribution is 6.30. The van der Waals surface area contributed by atoms with E-state index in [-0.39, 0.29) is 17.0 Å². The molecule has 0 heterocycles. The van der Waals surface area contributed by atoms with E-state index in [1.54, 1.807) is 30.3 Å². The Morgan fingerprint density at radius 2 is 1.91 bits per heavy atom. The summed E-state index contributed by atoms with van der Waals surface area (Å²) in [7, 11) is 0. The second-order valence-corrected chi connectivity index (χ2v) is 4.85. The summed E-state index contributed by atoms with van der Waals surface area (Å²) in [4.78, 5) is 22.5. The van der Waals surface area contributed by atoms with Gasteiger partial charge in [0.05, 0.1) is 11.3 Å². The van der Waals surface area contributed by atoms with Crippen LogP contribution in [-0.2, 0) is 4.79 Å². The highest BCUT2D eigenvalue weighted by atomic mass is 35.5. The summed E-state index contributed by atoms with van der Waals surface area (Å²) < 4.78 is 0. The van der Waals surface area contributed by atoms with Crippen molar-refractivity contribution in [1.29, 1.82) is 0 Å². The van der Waals surface area contributed by atoms with Crippen molar-refractivity contribution < 1.29 is 19.8 Å². The van der Waals surface area contributed by atoms with Crippen LogP contribution in [0.25, 0.3) is 6.08 Å². The minimum absolute atomic E-state index is 0.0648. The van der Waals surface area contributed by atoms with E-state index in [2.05, 4.69) is 5.32 Å². The summed E-state index contributed by atoms with van der Waals surface area (Å²) in [6.45, 7) is 0. The molecule has 0 aliphatic rings. The number of phenols is 1. The van der Waals surface area contributed by atoms with E-state index in [9.17, 15) is 14.7 Å². The number of carboxylic acid groups (broad SMARTS) is 1. The summed E-state index contributed by atoms with van der Waals surface area (Å²) in [5.74, 6) is -1.93. The number of benzene rings is 2. The van der Waals surface area contributed by atoms with Crippen LogP contribution in [0.2, 0.25) is 5.02 Å². The Hall–Kier alpha value is -2.79. The second-order valence-electron chi connectivity index (χ2n) is 4.41. The van der Waals surface area contributed by atoms with E-state index < -0.39 is 11.9 Å². The molecule has 3 N–H and O–H groups in total. The molecule has 0 fully saturated rings. The number of carboxylic acids is 1. The van der Waals surface area contributed by atoms with Gasteiger partial charge in [0.25, 0.3) is 0 Å². The number of hydrogen-bond acceptors (Lipinski definition) is 3. The van der Waals surface area contributed by atoms with Crippen LogP contribution in [-0.4, -0.2) is 22.1 Å². The fourth-order valence-corrected chi connectivity index (χ4v) is 1.93. The molecule has 112 valence electrons. The van der Waals surface area contributed by atoms with Gasteiger partial charge in [-0.05, 0) is 42.0 Å². The lowest BCUT2D eigenvalue weighted by Crippen LogP contribution is -2.08. The van der Waals surface area contributed by atoms with Crippen LogP contribution in [0.4, 0.5) is 5.69 Å². The highest BCUT2D eigenvalue weighted by Crippen LogP contribution is 2.24. The maximum absolute atomic E-state index is 11.8. The molecule has 0 atom stereocenters. The molecule has 2 aromatic carbocycles. The van der Waals surface area contributed by atoms with Crippen LogP contribution in [0.3, 0.4) is 0 Å². The molecule has 0 aromatic heterocycles. The van der Waals surface area contributed by atoms with E-state index in [1.165, 1.54) is 18.2 Å². The van der Waals surface area contributed by atoms with Gasteiger partial charge < -0.3 is 15.5 Å². The number of hydrogen-bond donors (Lipinski definition) is 3. The normalized spacial score (nSPS) is 10.6. The van der Waals surface area contributed by atoms with Crippen LogP contribution >= 0.6 is 11.6 Å². The first-order chi connectivity index (χ1) is 10.5. The number of aromatic hydroxyl groups is 1. The largest absolute Gasteiger partial charge is 0.506 e. The third kappa shape index (κ3) is 4.10. The molecule has 0 saturated heterocycles. The van der Waals surface area contributed by atoms with Gasteiger partial charge in [0.1, 0.15) is 5.75 Å². The molecule has 22 heavy (non-hydrogen) atoms. The van der Waals surface area contributed by atoms with E-state index in [4.69, 9.17) is 16.7 Å². The first kappa shape index (κ1) is 15.6. The Morgan fingerprint density at radius 1 is 1.14 bits per heavy atom. The Kier molecular flexibility index (Phi) is 4.80. The number of nitrogens with one attached hydrogen (secondary N) is 1. The van der Waals surface area contributed by atoms with Crippen molar-refractivity contribution in [2.24, 2.45) is 0 Å². The molecule has 0 bridgehead atoms. The predicted octanol–water partition coefficient (Wildman–Crippen LogP) is 3.40. The van der Waals surface area contributed by atoms with Crippen molar-refractivity contribution in [3.8, 4) is 5.75 Å².